The summed E-state index contributed by atoms with van der Waals surface area (Å²) in [7, 11) is -4.73. The number of phosphoric ester groups is 1. The lowest BCUT2D eigenvalue weighted by atomic mass is 10.0. The Kier molecular flexibility index (Phi) is 50.2. The Bertz CT molecular complexity index is 1200. The maximum atomic E-state index is 12.9. The molecule has 0 aromatic rings. The molecule has 0 aromatic carbocycles. The monoisotopic (exact) mass is 987 g/mol. The highest BCUT2D eigenvalue weighted by molar-refractivity contribution is 7.47. The second-order valence-electron chi connectivity index (χ2n) is 19.5. The number of aliphatic hydroxyl groups is 1. The van der Waals surface area contributed by atoms with Crippen molar-refractivity contribution in [3.8, 4) is 0 Å². The minimum absolute atomic E-state index is 0.175. The topological polar surface area (TPSA) is 155 Å². The molecule has 0 aliphatic heterocycles. The van der Waals surface area contributed by atoms with Gasteiger partial charge >= 0.3 is 25.7 Å². The van der Waals surface area contributed by atoms with Gasteiger partial charge in [0.2, 0.25) is 0 Å². The highest BCUT2D eigenvalue weighted by atomic mass is 31.2. The first kappa shape index (κ1) is 66.2. The molecule has 0 rings (SSSR count). The third-order valence-electron chi connectivity index (χ3n) is 12.7. The van der Waals surface area contributed by atoms with Gasteiger partial charge in [-0.2, -0.15) is 0 Å². The molecular formula is C56H107O11P. The summed E-state index contributed by atoms with van der Waals surface area (Å²) in [6.45, 7) is 4.66. The lowest BCUT2D eigenvalue weighted by Gasteiger charge is -2.21. The zero-order valence-electron chi connectivity index (χ0n) is 44.4. The van der Waals surface area contributed by atoms with Gasteiger partial charge in [-0.3, -0.25) is 23.4 Å². The van der Waals surface area contributed by atoms with Crippen LogP contribution in [0.2, 0.25) is 0 Å². The average molecular weight is 987 g/mol. The second-order valence-corrected chi connectivity index (χ2v) is 20.9. The summed E-state index contributed by atoms with van der Waals surface area (Å²) in [5, 5.41) is 9.76. The predicted octanol–water partition coefficient (Wildman–Crippen LogP) is 16.5. The molecule has 0 aliphatic carbocycles. The van der Waals surface area contributed by atoms with Gasteiger partial charge < -0.3 is 24.2 Å². The highest BCUT2D eigenvalue weighted by Crippen LogP contribution is 2.43. The minimum atomic E-state index is -4.73. The summed E-state index contributed by atoms with van der Waals surface area (Å²) < 4.78 is 39.4. The van der Waals surface area contributed by atoms with Crippen LogP contribution in [-0.2, 0) is 42.2 Å². The zero-order valence-corrected chi connectivity index (χ0v) is 45.2. The number of hydrogen-bond donors (Lipinski definition) is 2. The molecule has 11 nitrogen and oxygen atoms in total. The summed E-state index contributed by atoms with van der Waals surface area (Å²) in [4.78, 5) is 48.4. The van der Waals surface area contributed by atoms with Crippen molar-refractivity contribution in [1.82, 2.24) is 0 Å². The van der Waals surface area contributed by atoms with E-state index in [1.54, 1.807) is 0 Å². The SMILES string of the molecule is CCCCCCCC/C=C\CCCCCCCCCCCC(=O)OCC(COP(=O)(O)OCC(CO)OC(=O)CCCCCCCCCCC)OC(=O)CCCCCCCCCCCCCCC. The van der Waals surface area contributed by atoms with Gasteiger partial charge in [-0.15, -0.1) is 0 Å². The molecule has 68 heavy (non-hydrogen) atoms. The fraction of sp³-hybridized carbons (Fsp3) is 0.911. The summed E-state index contributed by atoms with van der Waals surface area (Å²) >= 11 is 0. The first-order chi connectivity index (χ1) is 33.2. The van der Waals surface area contributed by atoms with E-state index in [1.165, 1.54) is 173 Å². The molecule has 0 spiro atoms. The fourth-order valence-corrected chi connectivity index (χ4v) is 9.08. The van der Waals surface area contributed by atoms with Crippen LogP contribution in [0.15, 0.2) is 12.2 Å². The van der Waals surface area contributed by atoms with Gasteiger partial charge in [0.25, 0.3) is 0 Å². The van der Waals surface area contributed by atoms with Crippen LogP contribution in [0, 0.1) is 0 Å². The number of hydrogen-bond acceptors (Lipinski definition) is 10. The summed E-state index contributed by atoms with van der Waals surface area (Å²) in [5.74, 6) is -1.44. The van der Waals surface area contributed by atoms with Crippen molar-refractivity contribution in [1.29, 1.82) is 0 Å². The smallest absolute Gasteiger partial charge is 0.462 e. The molecule has 0 bridgehead atoms. The summed E-state index contributed by atoms with van der Waals surface area (Å²) in [5.41, 5.74) is 0. The van der Waals surface area contributed by atoms with Crippen LogP contribution >= 0.6 is 7.82 Å². The molecule has 2 N–H and O–H groups in total. The number of carbonyl (C=O) groups excluding carboxylic acids is 3. The standard InChI is InChI=1S/C56H107O11P/c1-4-7-10-13-16-19-21-23-24-25-26-27-28-30-31-34-36-39-42-45-54(58)63-49-53(67-56(60)47-44-41-38-35-32-29-22-20-17-14-11-8-5-2)51-65-68(61,62)64-50-52(48-57)66-55(59)46-43-40-37-33-18-15-12-9-6-3/h23-24,52-53,57H,4-22,25-51H2,1-3H3,(H,61,62)/b24-23-. The Morgan fingerprint density at radius 1 is 0.397 bits per heavy atom. The Hall–Kier alpha value is -1.78. The lowest BCUT2D eigenvalue weighted by Crippen LogP contribution is -2.30. The van der Waals surface area contributed by atoms with Crippen LogP contribution in [0.25, 0.3) is 0 Å². The molecule has 402 valence electrons. The van der Waals surface area contributed by atoms with Gasteiger partial charge in [0.1, 0.15) is 12.7 Å². The van der Waals surface area contributed by atoms with Crippen molar-refractivity contribution in [2.24, 2.45) is 0 Å². The number of allylic oxidation sites excluding steroid dienone is 2. The van der Waals surface area contributed by atoms with Crippen LogP contribution in [-0.4, -0.2) is 66.5 Å². The molecule has 0 radical (unpaired) electrons. The first-order valence-corrected chi connectivity index (χ1v) is 30.1. The van der Waals surface area contributed by atoms with Crippen LogP contribution in [0.1, 0.15) is 290 Å². The molecule has 3 unspecified atom stereocenters. The Balaban J connectivity index is 4.64. The van der Waals surface area contributed by atoms with Crippen LogP contribution in [0.3, 0.4) is 0 Å². The van der Waals surface area contributed by atoms with Crippen molar-refractivity contribution in [3.63, 3.8) is 0 Å². The number of ether oxygens (including phenoxy) is 3. The van der Waals surface area contributed by atoms with Crippen molar-refractivity contribution in [3.05, 3.63) is 12.2 Å². The minimum Gasteiger partial charge on any atom is -0.462 e. The third kappa shape index (κ3) is 49.2. The van der Waals surface area contributed by atoms with Crippen molar-refractivity contribution in [2.75, 3.05) is 26.4 Å². The van der Waals surface area contributed by atoms with E-state index >= 15 is 0 Å². The number of phosphoric acid groups is 1. The summed E-state index contributed by atoms with van der Waals surface area (Å²) in [6.07, 6.45) is 49.0. The molecule has 0 saturated carbocycles. The fourth-order valence-electron chi connectivity index (χ4n) is 8.29. The van der Waals surface area contributed by atoms with E-state index in [0.29, 0.717) is 19.3 Å². The predicted molar refractivity (Wildman–Crippen MR) is 280 cm³/mol. The van der Waals surface area contributed by atoms with Crippen LogP contribution < -0.4 is 0 Å². The summed E-state index contributed by atoms with van der Waals surface area (Å²) in [6, 6.07) is 0. The van der Waals surface area contributed by atoms with Gasteiger partial charge in [-0.25, -0.2) is 4.57 Å². The van der Waals surface area contributed by atoms with Crippen LogP contribution in [0.4, 0.5) is 0 Å². The van der Waals surface area contributed by atoms with Crippen molar-refractivity contribution in [2.45, 2.75) is 303 Å². The molecule has 0 amide bonds. The lowest BCUT2D eigenvalue weighted by molar-refractivity contribution is -0.161. The van der Waals surface area contributed by atoms with E-state index in [1.807, 2.05) is 0 Å². The van der Waals surface area contributed by atoms with Crippen molar-refractivity contribution >= 4 is 25.7 Å². The van der Waals surface area contributed by atoms with Gasteiger partial charge in [0.05, 0.1) is 19.8 Å². The Labute approximate surface area is 417 Å². The zero-order chi connectivity index (χ0) is 49.9. The Morgan fingerprint density at radius 3 is 1.01 bits per heavy atom. The number of carbonyl (C=O) groups is 3. The molecule has 12 heteroatoms. The second kappa shape index (κ2) is 51.6. The molecule has 0 fully saturated rings. The molecular weight excluding hydrogens is 880 g/mol. The van der Waals surface area contributed by atoms with E-state index in [2.05, 4.69) is 32.9 Å². The van der Waals surface area contributed by atoms with E-state index in [9.17, 15) is 28.9 Å². The van der Waals surface area contributed by atoms with E-state index < -0.39 is 57.8 Å². The van der Waals surface area contributed by atoms with Crippen LogP contribution in [0.5, 0.6) is 0 Å². The maximum Gasteiger partial charge on any atom is 0.472 e. The normalized spacial score (nSPS) is 13.4. The van der Waals surface area contributed by atoms with Gasteiger partial charge in [-0.05, 0) is 44.9 Å². The number of unbranched alkanes of at least 4 members (excludes halogenated alkanes) is 35. The largest absolute Gasteiger partial charge is 0.472 e. The average Bonchev–Trinajstić information content (AvgIpc) is 3.32. The molecule has 0 heterocycles. The Morgan fingerprint density at radius 2 is 0.676 bits per heavy atom. The van der Waals surface area contributed by atoms with Crippen molar-refractivity contribution < 1.29 is 52.2 Å². The number of aliphatic hydroxyl groups excluding tert-OH is 1. The van der Waals surface area contributed by atoms with Gasteiger partial charge in [0, 0.05) is 19.3 Å². The maximum absolute atomic E-state index is 12.9. The first-order valence-electron chi connectivity index (χ1n) is 28.6. The highest BCUT2D eigenvalue weighted by Gasteiger charge is 2.28. The molecule has 0 aromatic heterocycles. The van der Waals surface area contributed by atoms with E-state index in [4.69, 9.17) is 23.3 Å². The number of rotatable bonds is 54. The third-order valence-corrected chi connectivity index (χ3v) is 13.6. The van der Waals surface area contributed by atoms with E-state index in [-0.39, 0.29) is 25.9 Å². The van der Waals surface area contributed by atoms with Gasteiger partial charge in [-0.1, -0.05) is 238 Å². The molecule has 0 saturated heterocycles. The quantitative estimate of drug-likeness (QED) is 0.0197. The molecule has 0 aliphatic rings. The molecule has 3 atom stereocenters. The van der Waals surface area contributed by atoms with E-state index in [0.717, 1.165) is 57.8 Å². The van der Waals surface area contributed by atoms with Gasteiger partial charge in [0.15, 0.2) is 6.10 Å². The number of esters is 3.